The van der Waals surface area contributed by atoms with Gasteiger partial charge in [0.05, 0.1) is 11.3 Å². The first-order chi connectivity index (χ1) is 10.1. The van der Waals surface area contributed by atoms with Crippen molar-refractivity contribution in [1.82, 2.24) is 0 Å². The van der Waals surface area contributed by atoms with Crippen molar-refractivity contribution in [2.24, 2.45) is 5.73 Å². The Labute approximate surface area is 121 Å². The molecule has 4 N–H and O–H groups in total. The summed E-state index contributed by atoms with van der Waals surface area (Å²) in [4.78, 5) is 11.5. The van der Waals surface area contributed by atoms with Gasteiger partial charge in [0.25, 0.3) is 5.91 Å². The van der Waals surface area contributed by atoms with Gasteiger partial charge in [-0.3, -0.25) is 4.79 Å². The molecule has 0 saturated heterocycles. The Kier molecular flexibility index (Phi) is 3.20. The monoisotopic (exact) mass is 278 g/mol. The summed E-state index contributed by atoms with van der Waals surface area (Å²) < 4.78 is 5.78. The summed E-state index contributed by atoms with van der Waals surface area (Å²) in [7, 11) is 0. The molecule has 4 nitrogen and oxygen atoms in total. The van der Waals surface area contributed by atoms with Crippen molar-refractivity contribution < 1.29 is 9.53 Å². The number of nitrogens with two attached hydrogens (primary N) is 2. The van der Waals surface area contributed by atoms with E-state index in [4.69, 9.17) is 16.2 Å². The third-order valence-electron chi connectivity index (χ3n) is 3.25. The topological polar surface area (TPSA) is 78.3 Å². The highest BCUT2D eigenvalue weighted by Crippen LogP contribution is 2.32. The second kappa shape index (κ2) is 5.17. The van der Waals surface area contributed by atoms with Gasteiger partial charge in [0, 0.05) is 0 Å². The van der Waals surface area contributed by atoms with Crippen LogP contribution in [0.1, 0.15) is 10.4 Å². The molecule has 0 atom stereocenters. The summed E-state index contributed by atoms with van der Waals surface area (Å²) in [6.07, 6.45) is 0. The SMILES string of the molecule is NC(=O)c1cccc(N)c1Oc1ccc2ccccc2c1. The van der Waals surface area contributed by atoms with Crippen LogP contribution in [0.2, 0.25) is 0 Å². The lowest BCUT2D eigenvalue weighted by atomic mass is 10.1. The lowest BCUT2D eigenvalue weighted by Gasteiger charge is -2.12. The molecule has 0 bridgehead atoms. The Morgan fingerprint density at radius 3 is 2.43 bits per heavy atom. The van der Waals surface area contributed by atoms with Gasteiger partial charge in [-0.15, -0.1) is 0 Å². The molecule has 3 aromatic carbocycles. The fourth-order valence-corrected chi connectivity index (χ4v) is 2.21. The minimum absolute atomic E-state index is 0.267. The van der Waals surface area contributed by atoms with Gasteiger partial charge >= 0.3 is 0 Å². The first-order valence-corrected chi connectivity index (χ1v) is 6.50. The van der Waals surface area contributed by atoms with Gasteiger partial charge in [0.1, 0.15) is 5.75 Å². The van der Waals surface area contributed by atoms with E-state index in [1.54, 1.807) is 18.2 Å². The van der Waals surface area contributed by atoms with Crippen molar-refractivity contribution in [3.05, 3.63) is 66.2 Å². The van der Waals surface area contributed by atoms with Crippen molar-refractivity contribution in [3.8, 4) is 11.5 Å². The maximum atomic E-state index is 11.5. The van der Waals surface area contributed by atoms with E-state index in [1.807, 2.05) is 42.5 Å². The Morgan fingerprint density at radius 1 is 0.905 bits per heavy atom. The molecule has 0 aliphatic rings. The number of rotatable bonds is 3. The number of fused-ring (bicyclic) bond motifs is 1. The average Bonchev–Trinajstić information content (AvgIpc) is 2.49. The minimum Gasteiger partial charge on any atom is -0.454 e. The van der Waals surface area contributed by atoms with Gasteiger partial charge in [0.2, 0.25) is 0 Å². The molecular formula is C17H14N2O2. The van der Waals surface area contributed by atoms with E-state index >= 15 is 0 Å². The molecule has 4 heteroatoms. The van der Waals surface area contributed by atoms with Crippen LogP contribution in [0.15, 0.2) is 60.7 Å². The predicted molar refractivity (Wildman–Crippen MR) is 83.4 cm³/mol. The highest BCUT2D eigenvalue weighted by Gasteiger charge is 2.13. The molecule has 0 aliphatic heterocycles. The van der Waals surface area contributed by atoms with Crippen molar-refractivity contribution in [2.75, 3.05) is 5.73 Å². The second-order valence-electron chi connectivity index (χ2n) is 4.70. The minimum atomic E-state index is -0.571. The fourth-order valence-electron chi connectivity index (χ4n) is 2.21. The third kappa shape index (κ3) is 2.51. The lowest BCUT2D eigenvalue weighted by molar-refractivity contribution is 0.0998. The third-order valence-corrected chi connectivity index (χ3v) is 3.25. The molecule has 3 rings (SSSR count). The summed E-state index contributed by atoms with van der Waals surface area (Å²) in [6, 6.07) is 18.6. The molecule has 0 aliphatic carbocycles. The Morgan fingerprint density at radius 2 is 1.67 bits per heavy atom. The van der Waals surface area contributed by atoms with Crippen LogP contribution in [0.4, 0.5) is 5.69 Å². The number of benzene rings is 3. The van der Waals surface area contributed by atoms with Gasteiger partial charge in [-0.1, -0.05) is 36.4 Å². The van der Waals surface area contributed by atoms with Crippen molar-refractivity contribution in [3.63, 3.8) is 0 Å². The lowest BCUT2D eigenvalue weighted by Crippen LogP contribution is -2.13. The molecule has 0 fully saturated rings. The zero-order valence-electron chi connectivity index (χ0n) is 11.2. The Bertz CT molecular complexity index is 828. The Hall–Kier alpha value is -3.01. The smallest absolute Gasteiger partial charge is 0.252 e. The molecule has 0 saturated carbocycles. The van der Waals surface area contributed by atoms with E-state index in [1.165, 1.54) is 0 Å². The number of anilines is 1. The van der Waals surface area contributed by atoms with Gasteiger partial charge in [-0.05, 0) is 35.0 Å². The molecule has 104 valence electrons. The second-order valence-corrected chi connectivity index (χ2v) is 4.70. The molecule has 0 heterocycles. The van der Waals surface area contributed by atoms with Crippen LogP contribution in [-0.2, 0) is 0 Å². The number of carbonyl (C=O) groups is 1. The molecule has 0 radical (unpaired) electrons. The number of carbonyl (C=O) groups excluding carboxylic acids is 1. The average molecular weight is 278 g/mol. The fraction of sp³-hybridized carbons (Fsp3) is 0. The summed E-state index contributed by atoms with van der Waals surface area (Å²) in [5.41, 5.74) is 11.9. The van der Waals surface area contributed by atoms with Crippen molar-refractivity contribution in [1.29, 1.82) is 0 Å². The number of para-hydroxylation sites is 1. The van der Waals surface area contributed by atoms with E-state index in [0.717, 1.165) is 10.8 Å². The highest BCUT2D eigenvalue weighted by molar-refractivity contribution is 5.97. The summed E-state index contributed by atoms with van der Waals surface area (Å²) >= 11 is 0. The zero-order valence-corrected chi connectivity index (χ0v) is 11.2. The predicted octanol–water partition coefficient (Wildman–Crippen LogP) is 3.31. The van der Waals surface area contributed by atoms with E-state index in [0.29, 0.717) is 17.2 Å². The molecule has 0 aromatic heterocycles. The van der Waals surface area contributed by atoms with E-state index in [9.17, 15) is 4.79 Å². The molecule has 1 amide bonds. The number of ether oxygens (including phenoxy) is 1. The van der Waals surface area contributed by atoms with Crippen LogP contribution in [0.5, 0.6) is 11.5 Å². The van der Waals surface area contributed by atoms with Crippen LogP contribution in [0.25, 0.3) is 10.8 Å². The van der Waals surface area contributed by atoms with Crippen LogP contribution < -0.4 is 16.2 Å². The van der Waals surface area contributed by atoms with Crippen LogP contribution in [0, 0.1) is 0 Å². The van der Waals surface area contributed by atoms with Crippen molar-refractivity contribution >= 4 is 22.4 Å². The van der Waals surface area contributed by atoms with E-state index < -0.39 is 5.91 Å². The maximum absolute atomic E-state index is 11.5. The first-order valence-electron chi connectivity index (χ1n) is 6.50. The summed E-state index contributed by atoms with van der Waals surface area (Å²) in [6.45, 7) is 0. The van der Waals surface area contributed by atoms with Crippen LogP contribution in [0.3, 0.4) is 0 Å². The number of amides is 1. The molecule has 3 aromatic rings. The summed E-state index contributed by atoms with van der Waals surface area (Å²) in [5, 5.41) is 2.16. The van der Waals surface area contributed by atoms with Crippen LogP contribution in [-0.4, -0.2) is 5.91 Å². The quantitative estimate of drug-likeness (QED) is 0.721. The van der Waals surface area contributed by atoms with Crippen molar-refractivity contribution in [2.45, 2.75) is 0 Å². The Balaban J connectivity index is 2.04. The maximum Gasteiger partial charge on any atom is 0.252 e. The van der Waals surface area contributed by atoms with Gasteiger partial charge in [-0.25, -0.2) is 0 Å². The number of primary amides is 1. The first kappa shape index (κ1) is 13.0. The van der Waals surface area contributed by atoms with Gasteiger partial charge < -0.3 is 16.2 Å². The molecule has 0 unspecified atom stereocenters. The van der Waals surface area contributed by atoms with E-state index in [2.05, 4.69) is 0 Å². The molecule has 0 spiro atoms. The largest absolute Gasteiger partial charge is 0.454 e. The van der Waals surface area contributed by atoms with E-state index in [-0.39, 0.29) is 5.56 Å². The normalized spacial score (nSPS) is 10.5. The molecule has 21 heavy (non-hydrogen) atoms. The standard InChI is InChI=1S/C17H14N2O2/c18-15-7-3-6-14(17(19)20)16(15)21-13-9-8-11-4-1-2-5-12(11)10-13/h1-10H,18H2,(H2,19,20). The molecular weight excluding hydrogens is 264 g/mol. The highest BCUT2D eigenvalue weighted by atomic mass is 16.5. The van der Waals surface area contributed by atoms with Gasteiger partial charge in [-0.2, -0.15) is 0 Å². The zero-order chi connectivity index (χ0) is 14.8. The summed E-state index contributed by atoms with van der Waals surface area (Å²) in [5.74, 6) is 0.326. The number of hydrogen-bond acceptors (Lipinski definition) is 3. The number of nitrogen functional groups attached to an aromatic ring is 1. The number of hydrogen-bond donors (Lipinski definition) is 2. The van der Waals surface area contributed by atoms with Gasteiger partial charge in [0.15, 0.2) is 5.75 Å². The van der Waals surface area contributed by atoms with Crippen LogP contribution >= 0.6 is 0 Å².